The zero-order valence-electron chi connectivity index (χ0n) is 18.7. The van der Waals surface area contributed by atoms with Crippen LogP contribution < -0.4 is 5.73 Å². The number of ether oxygens (including phenoxy) is 1. The highest BCUT2D eigenvalue weighted by molar-refractivity contribution is 5.88. The molecule has 0 aromatic heterocycles. The monoisotopic (exact) mass is 406 g/mol. The molecular formula is C26H34N2O2. The number of carbonyl (C=O) groups excluding carboxylic acids is 1. The molecule has 2 heterocycles. The van der Waals surface area contributed by atoms with Gasteiger partial charge in [-0.25, -0.2) is 0 Å². The van der Waals surface area contributed by atoms with Crippen molar-refractivity contribution in [1.82, 2.24) is 4.90 Å². The Bertz CT molecular complexity index is 904. The summed E-state index contributed by atoms with van der Waals surface area (Å²) in [7, 11) is 0. The van der Waals surface area contributed by atoms with Crippen molar-refractivity contribution in [3.8, 4) is 0 Å². The minimum absolute atomic E-state index is 0.0312. The van der Waals surface area contributed by atoms with Gasteiger partial charge in [0.1, 0.15) is 11.9 Å². The van der Waals surface area contributed by atoms with E-state index in [2.05, 4.69) is 36.1 Å². The lowest BCUT2D eigenvalue weighted by molar-refractivity contribution is -0.149. The number of carbonyl (C=O) groups is 1. The first-order valence-corrected chi connectivity index (χ1v) is 11.1. The standard InChI is InChI=1S/C26H34N2O2/c1-5-20(27)14-21(13-18(2)3)30-22-15-26(16-22)17-25(4)12-11-23(28(25)24(26)29)19-9-7-6-8-10-19/h5-10,13-14,22-23H,11-12,15-17,27H2,1-4H3/b20-5+,21-14+. The van der Waals surface area contributed by atoms with Crippen LogP contribution in [0.5, 0.6) is 0 Å². The van der Waals surface area contributed by atoms with E-state index in [4.69, 9.17) is 10.5 Å². The summed E-state index contributed by atoms with van der Waals surface area (Å²) in [6.45, 7) is 8.28. The van der Waals surface area contributed by atoms with E-state index in [0.717, 1.165) is 43.4 Å². The summed E-state index contributed by atoms with van der Waals surface area (Å²) in [5.41, 5.74) is 8.81. The van der Waals surface area contributed by atoms with E-state index in [1.54, 1.807) is 0 Å². The largest absolute Gasteiger partial charge is 0.490 e. The van der Waals surface area contributed by atoms with E-state index in [9.17, 15) is 4.79 Å². The van der Waals surface area contributed by atoms with Crippen LogP contribution in [0.1, 0.15) is 71.4 Å². The number of amides is 1. The lowest BCUT2D eigenvalue weighted by Gasteiger charge is -2.44. The first-order valence-electron chi connectivity index (χ1n) is 11.1. The highest BCUT2D eigenvalue weighted by atomic mass is 16.5. The molecule has 4 nitrogen and oxygen atoms in total. The third-order valence-electron chi connectivity index (χ3n) is 7.04. The number of fused-ring (bicyclic) bond motifs is 1. The van der Waals surface area contributed by atoms with Crippen molar-refractivity contribution in [3.05, 3.63) is 71.2 Å². The SMILES string of the molecule is C/C=C(N)\C=C(/C=C(C)C)OC1CC2(C1)CC1(C)CCC(c3ccccc3)N1C2=O. The summed E-state index contributed by atoms with van der Waals surface area (Å²) in [5, 5.41) is 0. The Morgan fingerprint density at radius 1 is 1.20 bits per heavy atom. The highest BCUT2D eigenvalue weighted by Crippen LogP contribution is 2.62. The summed E-state index contributed by atoms with van der Waals surface area (Å²) in [6, 6.07) is 10.7. The quantitative estimate of drug-likeness (QED) is 0.527. The molecule has 1 saturated carbocycles. The molecule has 1 amide bonds. The molecule has 160 valence electrons. The van der Waals surface area contributed by atoms with Gasteiger partial charge in [-0.15, -0.1) is 0 Å². The Labute approximate surface area is 180 Å². The minimum Gasteiger partial charge on any atom is -0.490 e. The molecule has 2 aliphatic heterocycles. The molecular weight excluding hydrogens is 372 g/mol. The van der Waals surface area contributed by atoms with E-state index in [1.165, 1.54) is 5.56 Å². The molecule has 1 aromatic rings. The van der Waals surface area contributed by atoms with Crippen LogP contribution in [0.4, 0.5) is 0 Å². The normalized spacial score (nSPS) is 33.5. The Morgan fingerprint density at radius 3 is 2.53 bits per heavy atom. The predicted octanol–water partition coefficient (Wildman–Crippen LogP) is 5.39. The zero-order valence-corrected chi connectivity index (χ0v) is 18.7. The number of nitrogens with two attached hydrogens (primary N) is 1. The van der Waals surface area contributed by atoms with Crippen LogP contribution in [0.3, 0.4) is 0 Å². The van der Waals surface area contributed by atoms with Gasteiger partial charge in [-0.1, -0.05) is 42.0 Å². The molecule has 2 saturated heterocycles. The Balaban J connectivity index is 1.49. The Kier molecular flexibility index (Phi) is 5.29. The topological polar surface area (TPSA) is 55.6 Å². The molecule has 3 fully saturated rings. The maximum absolute atomic E-state index is 13.6. The number of benzene rings is 1. The second-order valence-corrected chi connectivity index (χ2v) is 9.80. The van der Waals surface area contributed by atoms with Gasteiger partial charge in [0, 0.05) is 17.3 Å². The maximum atomic E-state index is 13.6. The number of nitrogens with zero attached hydrogens (tertiary/aromatic N) is 1. The second kappa shape index (κ2) is 7.64. The molecule has 1 spiro atoms. The predicted molar refractivity (Wildman–Crippen MR) is 120 cm³/mol. The van der Waals surface area contributed by atoms with Crippen molar-refractivity contribution < 1.29 is 9.53 Å². The number of hydrogen-bond acceptors (Lipinski definition) is 3. The van der Waals surface area contributed by atoms with Crippen molar-refractivity contribution in [2.75, 3.05) is 0 Å². The van der Waals surface area contributed by atoms with Crippen LogP contribution in [0, 0.1) is 5.41 Å². The van der Waals surface area contributed by atoms with Gasteiger partial charge < -0.3 is 15.4 Å². The van der Waals surface area contributed by atoms with Gasteiger partial charge in [-0.2, -0.15) is 0 Å². The summed E-state index contributed by atoms with van der Waals surface area (Å²) in [6.07, 6.45) is 10.5. The molecule has 2 atom stereocenters. The van der Waals surface area contributed by atoms with Gasteiger partial charge in [0.05, 0.1) is 11.5 Å². The van der Waals surface area contributed by atoms with Gasteiger partial charge in [-0.05, 0) is 71.4 Å². The number of allylic oxidation sites excluding steroid dienone is 4. The van der Waals surface area contributed by atoms with Crippen molar-refractivity contribution in [2.45, 2.75) is 77.5 Å². The van der Waals surface area contributed by atoms with Gasteiger partial charge in [0.25, 0.3) is 0 Å². The van der Waals surface area contributed by atoms with Crippen molar-refractivity contribution in [3.63, 3.8) is 0 Å². The van der Waals surface area contributed by atoms with E-state index in [1.807, 2.05) is 45.1 Å². The maximum Gasteiger partial charge on any atom is 0.230 e. The molecule has 3 aliphatic rings. The lowest BCUT2D eigenvalue weighted by atomic mass is 9.63. The van der Waals surface area contributed by atoms with Crippen molar-refractivity contribution in [2.24, 2.45) is 11.1 Å². The number of hydrogen-bond donors (Lipinski definition) is 1. The molecule has 2 N–H and O–H groups in total. The second-order valence-electron chi connectivity index (χ2n) is 9.80. The lowest BCUT2D eigenvalue weighted by Crippen LogP contribution is -2.48. The number of rotatable bonds is 5. The molecule has 0 bridgehead atoms. The van der Waals surface area contributed by atoms with E-state index >= 15 is 0 Å². The van der Waals surface area contributed by atoms with Gasteiger partial charge in [0.15, 0.2) is 0 Å². The Morgan fingerprint density at radius 2 is 1.90 bits per heavy atom. The molecule has 4 rings (SSSR count). The minimum atomic E-state index is -0.255. The van der Waals surface area contributed by atoms with E-state index in [0.29, 0.717) is 11.6 Å². The van der Waals surface area contributed by atoms with Crippen LogP contribution >= 0.6 is 0 Å². The van der Waals surface area contributed by atoms with Crippen LogP contribution in [-0.2, 0) is 9.53 Å². The Hall–Kier alpha value is -2.49. The van der Waals surface area contributed by atoms with Crippen molar-refractivity contribution >= 4 is 5.91 Å². The molecule has 1 aliphatic carbocycles. The summed E-state index contributed by atoms with van der Waals surface area (Å²) >= 11 is 0. The summed E-state index contributed by atoms with van der Waals surface area (Å²) < 4.78 is 6.26. The smallest absolute Gasteiger partial charge is 0.230 e. The van der Waals surface area contributed by atoms with E-state index < -0.39 is 0 Å². The van der Waals surface area contributed by atoms with Crippen LogP contribution in [0.25, 0.3) is 0 Å². The average molecular weight is 407 g/mol. The third kappa shape index (κ3) is 3.57. The van der Waals surface area contributed by atoms with Gasteiger partial charge in [-0.3, -0.25) is 4.79 Å². The molecule has 0 radical (unpaired) electrons. The van der Waals surface area contributed by atoms with E-state index in [-0.39, 0.29) is 23.1 Å². The van der Waals surface area contributed by atoms with Crippen LogP contribution in [-0.4, -0.2) is 22.4 Å². The molecule has 2 unspecified atom stereocenters. The van der Waals surface area contributed by atoms with Crippen molar-refractivity contribution in [1.29, 1.82) is 0 Å². The summed E-state index contributed by atoms with van der Waals surface area (Å²) in [4.78, 5) is 15.8. The summed E-state index contributed by atoms with van der Waals surface area (Å²) in [5.74, 6) is 1.11. The van der Waals surface area contributed by atoms with Gasteiger partial charge >= 0.3 is 0 Å². The molecule has 30 heavy (non-hydrogen) atoms. The third-order valence-corrected chi connectivity index (χ3v) is 7.04. The first kappa shape index (κ1) is 20.8. The molecule has 4 heteroatoms. The molecule has 1 aromatic carbocycles. The fourth-order valence-electron chi connectivity index (χ4n) is 5.73. The van der Waals surface area contributed by atoms with Gasteiger partial charge in [0.2, 0.25) is 5.91 Å². The fraction of sp³-hybridized carbons (Fsp3) is 0.500. The first-order chi connectivity index (χ1) is 14.3. The van der Waals surface area contributed by atoms with Crippen LogP contribution in [0.15, 0.2) is 65.6 Å². The fourth-order valence-corrected chi connectivity index (χ4v) is 5.73. The zero-order chi connectivity index (χ0) is 21.5. The average Bonchev–Trinajstić information content (AvgIpc) is 3.12. The van der Waals surface area contributed by atoms with Crippen LogP contribution in [0.2, 0.25) is 0 Å². The highest BCUT2D eigenvalue weighted by Gasteiger charge is 2.66.